The van der Waals surface area contributed by atoms with Gasteiger partial charge in [0.1, 0.15) is 11.2 Å². The van der Waals surface area contributed by atoms with Crippen LogP contribution < -0.4 is 4.74 Å². The van der Waals surface area contributed by atoms with Gasteiger partial charge in [-0.3, -0.25) is 4.79 Å². The van der Waals surface area contributed by atoms with Crippen molar-refractivity contribution in [1.29, 1.82) is 0 Å². The highest BCUT2D eigenvalue weighted by molar-refractivity contribution is 6.32. The number of hydrogen-bond donors (Lipinski definition) is 1. The van der Waals surface area contributed by atoms with Crippen molar-refractivity contribution in [2.75, 3.05) is 7.11 Å². The van der Waals surface area contributed by atoms with Crippen LogP contribution >= 0.6 is 11.6 Å². The van der Waals surface area contributed by atoms with Crippen LogP contribution in [0, 0.1) is 17.8 Å². The Morgan fingerprint density at radius 1 is 1.50 bits per heavy atom. The molecule has 0 aliphatic carbocycles. The molecule has 1 aromatic carbocycles. The van der Waals surface area contributed by atoms with Gasteiger partial charge in [-0.1, -0.05) is 31.5 Å². The lowest BCUT2D eigenvalue weighted by molar-refractivity contribution is -0.145. The molecule has 20 heavy (non-hydrogen) atoms. The van der Waals surface area contributed by atoms with E-state index in [2.05, 4.69) is 11.8 Å². The predicted molar refractivity (Wildman–Crippen MR) is 80.2 cm³/mol. The molecule has 4 heteroatoms. The molecule has 0 bridgehead atoms. The van der Waals surface area contributed by atoms with Crippen LogP contribution in [-0.4, -0.2) is 18.2 Å². The second-order valence-corrected chi connectivity index (χ2v) is 5.29. The molecule has 0 aromatic heterocycles. The van der Waals surface area contributed by atoms with Crippen LogP contribution in [0.15, 0.2) is 18.2 Å². The van der Waals surface area contributed by atoms with Crippen molar-refractivity contribution in [1.82, 2.24) is 0 Å². The van der Waals surface area contributed by atoms with E-state index in [0.29, 0.717) is 16.3 Å². The first kappa shape index (κ1) is 16.4. The molecule has 0 aliphatic heterocycles. The van der Waals surface area contributed by atoms with Crippen molar-refractivity contribution in [3.05, 3.63) is 28.8 Å². The molecule has 0 spiro atoms. The van der Waals surface area contributed by atoms with Crippen LogP contribution in [0.1, 0.15) is 32.8 Å². The number of carboxylic acid groups (broad SMARTS) is 1. The number of methoxy groups -OCH3 is 1. The van der Waals surface area contributed by atoms with Crippen molar-refractivity contribution in [3.8, 4) is 17.6 Å². The van der Waals surface area contributed by atoms with Gasteiger partial charge in [-0.15, -0.1) is 11.8 Å². The highest BCUT2D eigenvalue weighted by Crippen LogP contribution is 2.39. The zero-order valence-corrected chi connectivity index (χ0v) is 12.9. The minimum Gasteiger partial charge on any atom is -0.495 e. The van der Waals surface area contributed by atoms with Crippen molar-refractivity contribution in [2.45, 2.75) is 32.6 Å². The van der Waals surface area contributed by atoms with Gasteiger partial charge in [-0.2, -0.15) is 0 Å². The van der Waals surface area contributed by atoms with Gasteiger partial charge in [0, 0.05) is 6.42 Å². The van der Waals surface area contributed by atoms with Crippen LogP contribution in [-0.2, 0) is 10.2 Å². The van der Waals surface area contributed by atoms with Gasteiger partial charge in [0.25, 0.3) is 0 Å². The second-order valence-electron chi connectivity index (χ2n) is 4.88. The van der Waals surface area contributed by atoms with E-state index < -0.39 is 11.4 Å². The number of ether oxygens (including phenoxy) is 1. The average Bonchev–Trinajstić information content (AvgIpc) is 2.39. The van der Waals surface area contributed by atoms with Crippen LogP contribution in [0.4, 0.5) is 0 Å². The van der Waals surface area contributed by atoms with Gasteiger partial charge >= 0.3 is 5.97 Å². The topological polar surface area (TPSA) is 46.5 Å². The van der Waals surface area contributed by atoms with Gasteiger partial charge in [-0.25, -0.2) is 0 Å². The Balaban J connectivity index is 3.45. The van der Waals surface area contributed by atoms with Crippen LogP contribution in [0.5, 0.6) is 5.75 Å². The number of halogens is 1. The van der Waals surface area contributed by atoms with E-state index in [1.54, 1.807) is 25.1 Å². The second kappa shape index (κ2) is 6.67. The molecule has 0 fully saturated rings. The zero-order valence-electron chi connectivity index (χ0n) is 12.2. The summed E-state index contributed by atoms with van der Waals surface area (Å²) in [7, 11) is 1.52. The Kier molecular flexibility index (Phi) is 5.47. The van der Waals surface area contributed by atoms with E-state index in [0.717, 1.165) is 0 Å². The Morgan fingerprint density at radius 3 is 2.55 bits per heavy atom. The summed E-state index contributed by atoms with van der Waals surface area (Å²) in [5.74, 6) is 5.18. The van der Waals surface area contributed by atoms with Gasteiger partial charge in [0.05, 0.1) is 12.1 Å². The van der Waals surface area contributed by atoms with Crippen molar-refractivity contribution in [2.24, 2.45) is 5.92 Å². The number of benzene rings is 1. The van der Waals surface area contributed by atoms with E-state index in [-0.39, 0.29) is 12.3 Å². The molecule has 0 heterocycles. The lowest BCUT2D eigenvalue weighted by atomic mass is 9.69. The zero-order chi connectivity index (χ0) is 15.3. The largest absolute Gasteiger partial charge is 0.495 e. The lowest BCUT2D eigenvalue weighted by Crippen LogP contribution is -2.40. The Hall–Kier alpha value is -1.66. The number of carbonyl (C=O) groups is 1. The van der Waals surface area contributed by atoms with Gasteiger partial charge in [0.15, 0.2) is 0 Å². The third-order valence-electron chi connectivity index (χ3n) is 3.58. The molecule has 1 atom stereocenters. The minimum atomic E-state index is -1.07. The molecule has 0 radical (unpaired) electrons. The summed E-state index contributed by atoms with van der Waals surface area (Å²) < 4.78 is 5.11. The van der Waals surface area contributed by atoms with Crippen molar-refractivity contribution < 1.29 is 14.6 Å². The van der Waals surface area contributed by atoms with Crippen LogP contribution in [0.25, 0.3) is 0 Å². The maximum Gasteiger partial charge on any atom is 0.315 e. The monoisotopic (exact) mass is 294 g/mol. The number of aliphatic carboxylic acids is 1. The fraction of sp³-hybridized carbons (Fsp3) is 0.438. The summed E-state index contributed by atoms with van der Waals surface area (Å²) >= 11 is 6.13. The number of rotatable bonds is 5. The smallest absolute Gasteiger partial charge is 0.315 e. The third-order valence-corrected chi connectivity index (χ3v) is 3.87. The summed E-state index contributed by atoms with van der Waals surface area (Å²) in [4.78, 5) is 11.9. The van der Waals surface area contributed by atoms with Gasteiger partial charge in [-0.05, 0) is 30.5 Å². The third kappa shape index (κ3) is 2.91. The molecule has 3 nitrogen and oxygen atoms in total. The fourth-order valence-electron chi connectivity index (χ4n) is 2.26. The molecule has 1 unspecified atom stereocenters. The summed E-state index contributed by atoms with van der Waals surface area (Å²) in [5, 5.41) is 10.2. The standard InChI is InChI=1S/C16H19ClO3/c1-5-6-9-16(11(2)3,15(18)19)12-7-8-14(20-4)13(17)10-12/h7-8,10-11H,9H2,1-4H3,(H,18,19). The summed E-state index contributed by atoms with van der Waals surface area (Å²) in [6.45, 7) is 5.46. The first-order valence-electron chi connectivity index (χ1n) is 6.37. The summed E-state index contributed by atoms with van der Waals surface area (Å²) in [6.07, 6.45) is 0.249. The van der Waals surface area contributed by atoms with Crippen LogP contribution in [0.3, 0.4) is 0 Å². The SMILES string of the molecule is CC#CCC(C(=O)O)(c1ccc(OC)c(Cl)c1)C(C)C. The molecule has 0 saturated carbocycles. The highest BCUT2D eigenvalue weighted by atomic mass is 35.5. The van der Waals surface area contributed by atoms with E-state index in [1.807, 2.05) is 13.8 Å². The normalized spacial score (nSPS) is 13.3. The molecule has 0 amide bonds. The van der Waals surface area contributed by atoms with Crippen molar-refractivity contribution in [3.63, 3.8) is 0 Å². The molecule has 1 aromatic rings. The molecule has 1 rings (SSSR count). The van der Waals surface area contributed by atoms with E-state index in [9.17, 15) is 9.90 Å². The average molecular weight is 295 g/mol. The van der Waals surface area contributed by atoms with E-state index >= 15 is 0 Å². The van der Waals surface area contributed by atoms with E-state index in [4.69, 9.17) is 16.3 Å². The Labute approximate surface area is 124 Å². The quantitative estimate of drug-likeness (QED) is 0.842. The Bertz CT molecular complexity index is 555. The maximum atomic E-state index is 11.9. The van der Waals surface area contributed by atoms with Crippen molar-refractivity contribution >= 4 is 17.6 Å². The van der Waals surface area contributed by atoms with Gasteiger partial charge in [0.2, 0.25) is 0 Å². The maximum absolute atomic E-state index is 11.9. The molecule has 0 aliphatic rings. The molecule has 108 valence electrons. The molecular weight excluding hydrogens is 276 g/mol. The Morgan fingerprint density at radius 2 is 2.15 bits per heavy atom. The highest BCUT2D eigenvalue weighted by Gasteiger charge is 2.43. The molecule has 1 N–H and O–H groups in total. The predicted octanol–water partition coefficient (Wildman–Crippen LogP) is 3.74. The number of hydrogen-bond acceptors (Lipinski definition) is 2. The summed E-state index contributed by atoms with van der Waals surface area (Å²) in [6, 6.07) is 5.10. The fourth-order valence-corrected chi connectivity index (χ4v) is 2.51. The van der Waals surface area contributed by atoms with Gasteiger partial charge < -0.3 is 9.84 Å². The van der Waals surface area contributed by atoms with Crippen LogP contribution in [0.2, 0.25) is 5.02 Å². The molecule has 0 saturated heterocycles. The molecular formula is C16H19ClO3. The first-order valence-corrected chi connectivity index (χ1v) is 6.75. The number of carboxylic acids is 1. The minimum absolute atomic E-state index is 0.120. The first-order chi connectivity index (χ1) is 9.40. The van der Waals surface area contributed by atoms with E-state index in [1.165, 1.54) is 7.11 Å². The summed E-state index contributed by atoms with van der Waals surface area (Å²) in [5.41, 5.74) is -0.424. The lowest BCUT2D eigenvalue weighted by Gasteiger charge is -2.32.